The van der Waals surface area contributed by atoms with Crippen LogP contribution >= 0.6 is 0 Å². The van der Waals surface area contributed by atoms with Crippen LogP contribution in [0.1, 0.15) is 39.5 Å². The largest absolute Gasteiger partial charge is 0.388 e. The fourth-order valence-corrected chi connectivity index (χ4v) is 2.81. The van der Waals surface area contributed by atoms with Crippen LogP contribution in [-0.4, -0.2) is 58.6 Å². The molecule has 1 atom stereocenters. The summed E-state index contributed by atoms with van der Waals surface area (Å²) in [5, 5.41) is 9.70. The van der Waals surface area contributed by atoms with Crippen LogP contribution in [-0.2, 0) is 4.79 Å². The van der Waals surface area contributed by atoms with Crippen molar-refractivity contribution >= 4 is 5.91 Å². The van der Waals surface area contributed by atoms with E-state index in [0.29, 0.717) is 13.1 Å². The third-order valence-electron chi connectivity index (χ3n) is 3.91. The number of hydrogen-bond acceptors (Lipinski definition) is 3. The standard InChI is InChI=1S/C13H24N2O2/c1-11(15-9-13(2,17)10-15)12(16)14-7-5-3-4-6-8-14/h11,17H,3-10H2,1-2H3. The van der Waals surface area contributed by atoms with E-state index in [1.807, 2.05) is 18.7 Å². The zero-order valence-corrected chi connectivity index (χ0v) is 11.0. The third-order valence-corrected chi connectivity index (χ3v) is 3.91. The van der Waals surface area contributed by atoms with Gasteiger partial charge in [-0.15, -0.1) is 0 Å². The normalized spacial score (nSPS) is 27.1. The Labute approximate surface area is 104 Å². The molecule has 1 amide bonds. The molecule has 0 saturated carbocycles. The third kappa shape index (κ3) is 2.99. The molecule has 0 spiro atoms. The molecule has 98 valence electrons. The second-order valence-corrected chi connectivity index (χ2v) is 5.82. The van der Waals surface area contributed by atoms with Gasteiger partial charge in [0.25, 0.3) is 0 Å². The Kier molecular flexibility index (Phi) is 3.73. The van der Waals surface area contributed by atoms with Gasteiger partial charge in [-0.3, -0.25) is 9.69 Å². The molecule has 0 aromatic heterocycles. The zero-order valence-electron chi connectivity index (χ0n) is 11.0. The van der Waals surface area contributed by atoms with Gasteiger partial charge in [0.05, 0.1) is 11.6 Å². The van der Waals surface area contributed by atoms with Gasteiger partial charge >= 0.3 is 0 Å². The van der Waals surface area contributed by atoms with Crippen molar-refractivity contribution in [3.05, 3.63) is 0 Å². The molecule has 4 nitrogen and oxygen atoms in total. The monoisotopic (exact) mass is 240 g/mol. The Balaban J connectivity index is 1.86. The smallest absolute Gasteiger partial charge is 0.239 e. The number of rotatable bonds is 2. The van der Waals surface area contributed by atoms with Gasteiger partial charge in [-0.1, -0.05) is 12.8 Å². The minimum atomic E-state index is -0.590. The summed E-state index contributed by atoms with van der Waals surface area (Å²) in [5.74, 6) is 0.238. The van der Waals surface area contributed by atoms with Crippen molar-refractivity contribution in [1.29, 1.82) is 0 Å². The van der Waals surface area contributed by atoms with Gasteiger partial charge in [0, 0.05) is 26.2 Å². The summed E-state index contributed by atoms with van der Waals surface area (Å²) in [5.41, 5.74) is -0.590. The molecule has 2 aliphatic heterocycles. The van der Waals surface area contributed by atoms with Crippen LogP contribution < -0.4 is 0 Å². The topological polar surface area (TPSA) is 43.8 Å². The highest BCUT2D eigenvalue weighted by molar-refractivity contribution is 5.81. The molecule has 4 heteroatoms. The number of carbonyl (C=O) groups is 1. The second kappa shape index (κ2) is 4.94. The number of nitrogens with zero attached hydrogens (tertiary/aromatic N) is 2. The summed E-state index contributed by atoms with van der Waals surface area (Å²) in [6.07, 6.45) is 4.76. The number of likely N-dealkylation sites (tertiary alicyclic amines) is 2. The molecule has 0 aliphatic carbocycles. The lowest BCUT2D eigenvalue weighted by atomic mass is 9.94. The van der Waals surface area contributed by atoms with E-state index in [2.05, 4.69) is 4.90 Å². The lowest BCUT2D eigenvalue weighted by Gasteiger charge is -2.47. The van der Waals surface area contributed by atoms with Crippen molar-refractivity contribution in [3.8, 4) is 0 Å². The second-order valence-electron chi connectivity index (χ2n) is 5.82. The molecule has 2 fully saturated rings. The zero-order chi connectivity index (χ0) is 12.5. The summed E-state index contributed by atoms with van der Waals surface area (Å²) in [7, 11) is 0. The molecular weight excluding hydrogens is 216 g/mol. The molecule has 17 heavy (non-hydrogen) atoms. The number of aliphatic hydroxyl groups is 1. The minimum absolute atomic E-state index is 0.0756. The van der Waals surface area contributed by atoms with Crippen LogP contribution in [0.25, 0.3) is 0 Å². The molecule has 0 bridgehead atoms. The van der Waals surface area contributed by atoms with E-state index in [0.717, 1.165) is 25.9 Å². The minimum Gasteiger partial charge on any atom is -0.388 e. The van der Waals surface area contributed by atoms with Crippen LogP contribution in [0.5, 0.6) is 0 Å². The average molecular weight is 240 g/mol. The van der Waals surface area contributed by atoms with Gasteiger partial charge in [-0.25, -0.2) is 0 Å². The predicted molar refractivity (Wildman–Crippen MR) is 66.7 cm³/mol. The number of hydrogen-bond donors (Lipinski definition) is 1. The van der Waals surface area contributed by atoms with E-state index in [-0.39, 0.29) is 11.9 Å². The van der Waals surface area contributed by atoms with E-state index in [1.54, 1.807) is 0 Å². The molecule has 0 aromatic rings. The molecule has 1 unspecified atom stereocenters. The van der Waals surface area contributed by atoms with Crippen molar-refractivity contribution in [2.45, 2.75) is 51.2 Å². The van der Waals surface area contributed by atoms with Crippen molar-refractivity contribution in [1.82, 2.24) is 9.80 Å². The van der Waals surface area contributed by atoms with Gasteiger partial charge in [0.15, 0.2) is 0 Å². The Morgan fingerprint density at radius 3 is 2.18 bits per heavy atom. The van der Waals surface area contributed by atoms with Crippen LogP contribution in [0.2, 0.25) is 0 Å². The maximum Gasteiger partial charge on any atom is 0.239 e. The first-order valence-corrected chi connectivity index (χ1v) is 6.75. The van der Waals surface area contributed by atoms with Crippen molar-refractivity contribution in [3.63, 3.8) is 0 Å². The summed E-state index contributed by atoms with van der Waals surface area (Å²) in [6.45, 7) is 6.84. The van der Waals surface area contributed by atoms with E-state index in [1.165, 1.54) is 12.8 Å². The fraction of sp³-hybridized carbons (Fsp3) is 0.923. The van der Waals surface area contributed by atoms with Gasteiger partial charge < -0.3 is 10.0 Å². The summed E-state index contributed by atoms with van der Waals surface area (Å²) in [6, 6.07) is -0.0756. The highest BCUT2D eigenvalue weighted by atomic mass is 16.3. The Morgan fingerprint density at radius 2 is 1.71 bits per heavy atom. The average Bonchev–Trinajstić information content (AvgIpc) is 2.52. The Hall–Kier alpha value is -0.610. The van der Waals surface area contributed by atoms with Crippen LogP contribution in [0.15, 0.2) is 0 Å². The SMILES string of the molecule is CC(C(=O)N1CCCCCC1)N1CC(C)(O)C1. The van der Waals surface area contributed by atoms with Gasteiger partial charge in [0.2, 0.25) is 5.91 Å². The number of carbonyl (C=O) groups excluding carboxylic acids is 1. The quantitative estimate of drug-likeness (QED) is 0.778. The van der Waals surface area contributed by atoms with E-state index in [4.69, 9.17) is 0 Å². The summed E-state index contributed by atoms with van der Waals surface area (Å²) >= 11 is 0. The van der Waals surface area contributed by atoms with E-state index >= 15 is 0 Å². The van der Waals surface area contributed by atoms with Gasteiger partial charge in [0.1, 0.15) is 0 Å². The first-order chi connectivity index (χ1) is 7.99. The Bertz CT molecular complexity index is 275. The van der Waals surface area contributed by atoms with Crippen molar-refractivity contribution in [2.75, 3.05) is 26.2 Å². The molecule has 2 aliphatic rings. The van der Waals surface area contributed by atoms with Gasteiger partial charge in [-0.2, -0.15) is 0 Å². The summed E-state index contributed by atoms with van der Waals surface area (Å²) < 4.78 is 0. The number of β-amino-alcohol motifs (C(OH)–C–C–N with tert-alkyl or cyclic N) is 1. The van der Waals surface area contributed by atoms with Crippen molar-refractivity contribution < 1.29 is 9.90 Å². The highest BCUT2D eigenvalue weighted by Gasteiger charge is 2.41. The van der Waals surface area contributed by atoms with E-state index < -0.39 is 5.60 Å². The van der Waals surface area contributed by atoms with E-state index in [9.17, 15) is 9.90 Å². The van der Waals surface area contributed by atoms with Crippen LogP contribution in [0.4, 0.5) is 0 Å². The molecule has 2 saturated heterocycles. The van der Waals surface area contributed by atoms with Crippen molar-refractivity contribution in [2.24, 2.45) is 0 Å². The molecule has 0 aromatic carbocycles. The van der Waals surface area contributed by atoms with Crippen LogP contribution in [0, 0.1) is 0 Å². The molecule has 1 N–H and O–H groups in total. The molecule has 2 rings (SSSR count). The molecule has 2 heterocycles. The highest BCUT2D eigenvalue weighted by Crippen LogP contribution is 2.23. The summed E-state index contributed by atoms with van der Waals surface area (Å²) in [4.78, 5) is 16.4. The first kappa shape index (κ1) is 12.8. The fourth-order valence-electron chi connectivity index (χ4n) is 2.81. The first-order valence-electron chi connectivity index (χ1n) is 6.75. The van der Waals surface area contributed by atoms with Gasteiger partial charge in [-0.05, 0) is 26.7 Å². The lowest BCUT2D eigenvalue weighted by Crippen LogP contribution is -2.65. The maximum absolute atomic E-state index is 12.3. The molecule has 0 radical (unpaired) electrons. The van der Waals surface area contributed by atoms with Crippen LogP contribution in [0.3, 0.4) is 0 Å². The maximum atomic E-state index is 12.3. The Morgan fingerprint density at radius 1 is 1.18 bits per heavy atom. The molecular formula is C13H24N2O2. The predicted octanol–water partition coefficient (Wildman–Crippen LogP) is 0.844. The number of amides is 1. The lowest BCUT2D eigenvalue weighted by molar-refractivity contribution is -0.148.